The molecule has 0 saturated carbocycles. The maximum absolute atomic E-state index is 13.0. The van der Waals surface area contributed by atoms with E-state index in [-0.39, 0.29) is 0 Å². The molecule has 0 bridgehead atoms. The lowest BCUT2D eigenvalue weighted by Gasteiger charge is -2.21. The van der Waals surface area contributed by atoms with Crippen LogP contribution < -0.4 is 17.6 Å². The number of unbranched alkanes of at least 4 members (excludes halogenated alkanes) is 1. The number of nitrogens with one attached hydrogen (secondary N) is 1. The second-order valence-electron chi connectivity index (χ2n) is 9.07. The Labute approximate surface area is 258 Å². The third kappa shape index (κ3) is 6.00. The summed E-state index contributed by atoms with van der Waals surface area (Å²) in [4.78, 5) is 0. The number of hydrogen-bond acceptors (Lipinski definition) is 4. The maximum Gasteiger partial charge on any atom is 0.330 e. The molecule has 2 aliphatic rings. The lowest BCUT2D eigenvalue weighted by atomic mass is 10.2. The van der Waals surface area contributed by atoms with Gasteiger partial charge in [-0.3, -0.25) is 9.03 Å². The van der Waals surface area contributed by atoms with Crippen LogP contribution in [-0.2, 0) is 20.4 Å². The molecular formula is C28H25BrCl2N4O4S2. The zero-order valence-electron chi connectivity index (χ0n) is 21.5. The molecule has 0 spiro atoms. The molecule has 2 heterocycles. The van der Waals surface area contributed by atoms with E-state index in [0.717, 1.165) is 23.9 Å². The average Bonchev–Trinajstić information content (AvgIpc) is 3.35. The number of alkyl halides is 1. The SMILES string of the molecule is O=S1(=O)N(CCCCBr)c2ccccc2N1c1ccc(Cl)cc1.O=S1(=O)Nc2ccccc2N1c1ccc(Cl)cc1. The third-order valence-corrected chi connectivity index (χ3v) is 10.6. The molecular weight excluding hydrogens is 671 g/mol. The van der Waals surface area contributed by atoms with Gasteiger partial charge in [0.15, 0.2) is 0 Å². The van der Waals surface area contributed by atoms with Crippen LogP contribution in [0.3, 0.4) is 0 Å². The van der Waals surface area contributed by atoms with Crippen LogP contribution in [0.2, 0.25) is 10.0 Å². The van der Waals surface area contributed by atoms with Gasteiger partial charge in [0.05, 0.1) is 34.1 Å². The van der Waals surface area contributed by atoms with Crippen LogP contribution >= 0.6 is 39.1 Å². The van der Waals surface area contributed by atoms with Gasteiger partial charge >= 0.3 is 20.4 Å². The van der Waals surface area contributed by atoms with Crippen LogP contribution in [0.4, 0.5) is 34.1 Å². The highest BCUT2D eigenvalue weighted by Crippen LogP contribution is 2.45. The summed E-state index contributed by atoms with van der Waals surface area (Å²) in [7, 11) is -7.20. The fourth-order valence-corrected chi connectivity index (χ4v) is 8.29. The van der Waals surface area contributed by atoms with Gasteiger partial charge in [-0.1, -0.05) is 63.4 Å². The van der Waals surface area contributed by atoms with Crippen LogP contribution in [0.15, 0.2) is 97.1 Å². The zero-order valence-corrected chi connectivity index (χ0v) is 26.2. The van der Waals surface area contributed by atoms with Crippen LogP contribution in [0.25, 0.3) is 0 Å². The van der Waals surface area contributed by atoms with E-state index in [0.29, 0.717) is 45.0 Å². The summed E-state index contributed by atoms with van der Waals surface area (Å²) in [5.41, 5.74) is 3.72. The Kier molecular flexibility index (Phi) is 8.72. The highest BCUT2D eigenvalue weighted by atomic mass is 79.9. The number of hydrogen-bond donors (Lipinski definition) is 1. The molecule has 0 aromatic heterocycles. The molecule has 0 fully saturated rings. The lowest BCUT2D eigenvalue weighted by molar-refractivity contribution is 0.592. The fraction of sp³-hybridized carbons (Fsp3) is 0.143. The third-order valence-electron chi connectivity index (χ3n) is 6.35. The van der Waals surface area contributed by atoms with Crippen LogP contribution in [0, 0.1) is 0 Å². The molecule has 41 heavy (non-hydrogen) atoms. The first-order valence-electron chi connectivity index (χ1n) is 12.5. The van der Waals surface area contributed by atoms with Gasteiger partial charge < -0.3 is 0 Å². The zero-order chi connectivity index (χ0) is 29.2. The van der Waals surface area contributed by atoms with Crippen molar-refractivity contribution in [2.75, 3.05) is 29.5 Å². The van der Waals surface area contributed by atoms with E-state index in [2.05, 4.69) is 20.7 Å². The summed E-state index contributed by atoms with van der Waals surface area (Å²) in [6.07, 6.45) is 1.72. The Balaban J connectivity index is 0.000000169. The molecule has 0 aliphatic carbocycles. The quantitative estimate of drug-likeness (QED) is 0.164. The predicted molar refractivity (Wildman–Crippen MR) is 172 cm³/mol. The van der Waals surface area contributed by atoms with Gasteiger partial charge in [0.1, 0.15) is 0 Å². The molecule has 1 N–H and O–H groups in total. The van der Waals surface area contributed by atoms with E-state index in [4.69, 9.17) is 23.2 Å². The van der Waals surface area contributed by atoms with E-state index in [9.17, 15) is 16.8 Å². The minimum absolute atomic E-state index is 0.467. The minimum atomic E-state index is -3.63. The van der Waals surface area contributed by atoms with Gasteiger partial charge in [0.25, 0.3) is 0 Å². The van der Waals surface area contributed by atoms with Gasteiger partial charge in [0, 0.05) is 21.9 Å². The molecule has 0 saturated heterocycles. The van der Waals surface area contributed by atoms with Crippen LogP contribution in [-0.4, -0.2) is 28.7 Å². The Morgan fingerprint density at radius 2 is 1.15 bits per heavy atom. The Morgan fingerprint density at radius 1 is 0.634 bits per heavy atom. The summed E-state index contributed by atoms with van der Waals surface area (Å²) in [6.45, 7) is 0.467. The largest absolute Gasteiger partial charge is 0.330 e. The Morgan fingerprint density at radius 3 is 1.73 bits per heavy atom. The first kappa shape index (κ1) is 29.5. The predicted octanol–water partition coefficient (Wildman–Crippen LogP) is 7.87. The molecule has 6 rings (SSSR count). The van der Waals surface area contributed by atoms with Crippen molar-refractivity contribution in [3.05, 3.63) is 107 Å². The van der Waals surface area contributed by atoms with E-state index in [1.807, 2.05) is 24.3 Å². The molecule has 2 aliphatic heterocycles. The van der Waals surface area contributed by atoms with E-state index < -0.39 is 20.4 Å². The van der Waals surface area contributed by atoms with Gasteiger partial charge in [-0.05, 0) is 85.6 Å². The summed E-state index contributed by atoms with van der Waals surface area (Å²) >= 11 is 15.1. The van der Waals surface area contributed by atoms with Gasteiger partial charge in [-0.2, -0.15) is 16.8 Å². The molecule has 0 amide bonds. The lowest BCUT2D eigenvalue weighted by Crippen LogP contribution is -2.36. The number of rotatable bonds is 6. The van der Waals surface area contributed by atoms with Crippen molar-refractivity contribution < 1.29 is 16.8 Å². The molecule has 0 radical (unpaired) electrons. The van der Waals surface area contributed by atoms with Gasteiger partial charge in [0.2, 0.25) is 0 Å². The van der Waals surface area contributed by atoms with Crippen molar-refractivity contribution in [2.45, 2.75) is 12.8 Å². The van der Waals surface area contributed by atoms with Crippen molar-refractivity contribution in [3.8, 4) is 0 Å². The fourth-order valence-electron chi connectivity index (χ4n) is 4.53. The van der Waals surface area contributed by atoms with Crippen molar-refractivity contribution in [1.82, 2.24) is 0 Å². The molecule has 4 aromatic rings. The van der Waals surface area contributed by atoms with Crippen molar-refractivity contribution in [1.29, 1.82) is 0 Å². The van der Waals surface area contributed by atoms with Crippen LogP contribution in [0.1, 0.15) is 12.8 Å². The molecule has 214 valence electrons. The number of halogens is 3. The van der Waals surface area contributed by atoms with Crippen molar-refractivity contribution in [2.24, 2.45) is 0 Å². The smallest absolute Gasteiger partial charge is 0.264 e. The Bertz CT molecular complexity index is 1760. The average molecular weight is 696 g/mol. The van der Waals surface area contributed by atoms with Gasteiger partial charge in [-0.25, -0.2) is 8.61 Å². The second kappa shape index (κ2) is 12.1. The van der Waals surface area contributed by atoms with Gasteiger partial charge in [-0.15, -0.1) is 0 Å². The maximum atomic E-state index is 13.0. The molecule has 8 nitrogen and oxygen atoms in total. The first-order valence-corrected chi connectivity index (χ1v) is 17.3. The summed E-state index contributed by atoms with van der Waals surface area (Å²) < 4.78 is 56.9. The minimum Gasteiger partial charge on any atom is -0.264 e. The summed E-state index contributed by atoms with van der Waals surface area (Å²) in [5.74, 6) is 0. The highest BCUT2D eigenvalue weighted by Gasteiger charge is 2.40. The van der Waals surface area contributed by atoms with E-state index >= 15 is 0 Å². The monoisotopic (exact) mass is 694 g/mol. The molecule has 0 atom stereocenters. The van der Waals surface area contributed by atoms with Crippen LogP contribution in [0.5, 0.6) is 0 Å². The molecule has 4 aromatic carbocycles. The number of benzene rings is 4. The number of anilines is 6. The first-order chi connectivity index (χ1) is 19.6. The number of para-hydroxylation sites is 4. The van der Waals surface area contributed by atoms with Crippen molar-refractivity contribution >= 4 is 93.7 Å². The second-order valence-corrected chi connectivity index (χ2v) is 14.0. The number of nitrogens with zero attached hydrogens (tertiary/aromatic N) is 3. The van der Waals surface area contributed by atoms with E-state index in [1.54, 1.807) is 72.8 Å². The highest BCUT2D eigenvalue weighted by molar-refractivity contribution is 9.09. The Hall–Kier alpha value is -2.96. The summed E-state index contributed by atoms with van der Waals surface area (Å²) in [6, 6.07) is 27.9. The molecule has 13 heteroatoms. The number of fused-ring (bicyclic) bond motifs is 2. The normalized spacial score (nSPS) is 15.9. The van der Waals surface area contributed by atoms with E-state index in [1.165, 1.54) is 12.9 Å². The van der Waals surface area contributed by atoms with Crippen molar-refractivity contribution in [3.63, 3.8) is 0 Å². The standard InChI is InChI=1S/C16H16BrClN2O2S.C12H9ClN2O2S/c17-11-3-4-12-19-15-5-1-2-6-16(15)20(23(19,21)22)14-9-7-13(18)8-10-14;13-9-5-7-10(8-6-9)15-12-4-2-1-3-11(12)14-18(15,16)17/h1-2,5-10H,3-4,11-12H2;1-8,14H. The topological polar surface area (TPSA) is 90.0 Å². The molecule has 0 unspecified atom stereocenters. The summed E-state index contributed by atoms with van der Waals surface area (Å²) in [5, 5.41) is 2.01.